The quantitative estimate of drug-likeness (QED) is 0.889. The molecule has 2 atom stereocenters. The van der Waals surface area contributed by atoms with Gasteiger partial charge in [-0.15, -0.1) is 0 Å². The Kier molecular flexibility index (Phi) is 2.73. The molecule has 102 valence electrons. The minimum atomic E-state index is -2.56. The van der Waals surface area contributed by atoms with Crippen molar-refractivity contribution < 1.29 is 13.6 Å². The average Bonchev–Trinajstić information content (AvgIpc) is 2.92. The number of amides is 1. The van der Waals surface area contributed by atoms with Crippen LogP contribution in [0.2, 0.25) is 0 Å². The van der Waals surface area contributed by atoms with Gasteiger partial charge in [0.2, 0.25) is 0 Å². The zero-order valence-electron chi connectivity index (χ0n) is 10.7. The highest BCUT2D eigenvalue weighted by Crippen LogP contribution is 2.55. The Hall–Kier alpha value is -1.65. The summed E-state index contributed by atoms with van der Waals surface area (Å²) in [6.45, 7) is 2.94. The number of fused-ring (bicyclic) bond motifs is 1. The smallest absolute Gasteiger partial charge is 0.256 e. The molecule has 1 aliphatic heterocycles. The number of benzene rings is 1. The van der Waals surface area contributed by atoms with Crippen molar-refractivity contribution >= 4 is 11.6 Å². The molecule has 1 saturated carbocycles. The molecule has 1 fully saturated rings. The van der Waals surface area contributed by atoms with E-state index >= 15 is 0 Å². The van der Waals surface area contributed by atoms with E-state index in [9.17, 15) is 13.6 Å². The SMILES string of the molecule is C[C@@H]1[C@@H](CN2CCNC(=O)c3ccccc32)C1(F)F. The van der Waals surface area contributed by atoms with Gasteiger partial charge >= 0.3 is 0 Å². The first-order valence-electron chi connectivity index (χ1n) is 6.52. The predicted molar refractivity (Wildman–Crippen MR) is 68.6 cm³/mol. The molecule has 1 aromatic rings. The van der Waals surface area contributed by atoms with Gasteiger partial charge in [0.25, 0.3) is 11.8 Å². The Morgan fingerprint density at radius 3 is 2.79 bits per heavy atom. The van der Waals surface area contributed by atoms with Crippen LogP contribution in [0.3, 0.4) is 0 Å². The van der Waals surface area contributed by atoms with E-state index in [0.29, 0.717) is 25.2 Å². The van der Waals surface area contributed by atoms with Gasteiger partial charge in [0.15, 0.2) is 0 Å². The van der Waals surface area contributed by atoms with Crippen LogP contribution >= 0.6 is 0 Å². The highest BCUT2D eigenvalue weighted by molar-refractivity contribution is 6.00. The minimum absolute atomic E-state index is 0.131. The number of para-hydroxylation sites is 1. The van der Waals surface area contributed by atoms with E-state index in [1.807, 2.05) is 17.0 Å². The molecule has 1 N–H and O–H groups in total. The molecule has 0 unspecified atom stereocenters. The van der Waals surface area contributed by atoms with Gasteiger partial charge in [0, 0.05) is 37.2 Å². The first-order valence-corrected chi connectivity index (χ1v) is 6.52. The molecule has 1 aliphatic carbocycles. The van der Waals surface area contributed by atoms with Crippen molar-refractivity contribution in [3.8, 4) is 0 Å². The molecular weight excluding hydrogens is 250 g/mol. The van der Waals surface area contributed by atoms with Gasteiger partial charge in [-0.05, 0) is 12.1 Å². The van der Waals surface area contributed by atoms with E-state index in [2.05, 4.69) is 5.32 Å². The van der Waals surface area contributed by atoms with Gasteiger partial charge in [-0.1, -0.05) is 19.1 Å². The van der Waals surface area contributed by atoms with E-state index in [0.717, 1.165) is 5.69 Å². The zero-order valence-corrected chi connectivity index (χ0v) is 10.7. The summed E-state index contributed by atoms with van der Waals surface area (Å²) in [4.78, 5) is 13.8. The molecule has 0 spiro atoms. The average molecular weight is 266 g/mol. The third-order valence-electron chi connectivity index (χ3n) is 4.17. The normalized spacial score (nSPS) is 28.4. The molecule has 1 heterocycles. The van der Waals surface area contributed by atoms with Crippen LogP contribution in [0.1, 0.15) is 17.3 Å². The zero-order chi connectivity index (χ0) is 13.6. The molecule has 0 saturated heterocycles. The third-order valence-corrected chi connectivity index (χ3v) is 4.17. The molecule has 5 heteroatoms. The summed E-state index contributed by atoms with van der Waals surface area (Å²) in [7, 11) is 0. The number of hydrogen-bond acceptors (Lipinski definition) is 2. The maximum absolute atomic E-state index is 13.4. The van der Waals surface area contributed by atoms with E-state index in [-0.39, 0.29) is 5.91 Å². The van der Waals surface area contributed by atoms with Gasteiger partial charge in [-0.3, -0.25) is 4.79 Å². The summed E-state index contributed by atoms with van der Waals surface area (Å²) in [6, 6.07) is 7.18. The van der Waals surface area contributed by atoms with E-state index in [4.69, 9.17) is 0 Å². The fraction of sp³-hybridized carbons (Fsp3) is 0.500. The molecule has 0 radical (unpaired) electrons. The second kappa shape index (κ2) is 4.18. The van der Waals surface area contributed by atoms with Crippen LogP contribution in [0.15, 0.2) is 24.3 Å². The number of nitrogens with zero attached hydrogens (tertiary/aromatic N) is 1. The maximum Gasteiger partial charge on any atom is 0.256 e. The van der Waals surface area contributed by atoms with E-state index < -0.39 is 17.8 Å². The molecule has 0 aromatic heterocycles. The van der Waals surface area contributed by atoms with Crippen LogP contribution in [0.5, 0.6) is 0 Å². The highest BCUT2D eigenvalue weighted by atomic mass is 19.3. The van der Waals surface area contributed by atoms with Crippen molar-refractivity contribution in [1.29, 1.82) is 0 Å². The molecule has 1 amide bonds. The predicted octanol–water partition coefficient (Wildman–Crippen LogP) is 2.14. The van der Waals surface area contributed by atoms with E-state index in [1.165, 1.54) is 0 Å². The van der Waals surface area contributed by atoms with Crippen molar-refractivity contribution in [3.05, 3.63) is 29.8 Å². The number of alkyl halides is 2. The molecular formula is C14H16F2N2O. The molecule has 3 nitrogen and oxygen atoms in total. The first-order chi connectivity index (χ1) is 9.01. The standard InChI is InChI=1S/C14H16F2N2O/c1-9-11(14(9,15)16)8-18-7-6-17-13(19)10-4-2-3-5-12(10)18/h2-5,9,11H,6-8H2,1H3,(H,17,19)/t9-,11-/m1/s1. The van der Waals surface area contributed by atoms with Gasteiger partial charge in [-0.2, -0.15) is 0 Å². The minimum Gasteiger partial charge on any atom is -0.369 e. The summed E-state index contributed by atoms with van der Waals surface area (Å²) in [5.74, 6) is -3.85. The summed E-state index contributed by atoms with van der Waals surface area (Å²) in [5.41, 5.74) is 1.32. The Balaban J connectivity index is 1.86. The molecule has 19 heavy (non-hydrogen) atoms. The summed E-state index contributed by atoms with van der Waals surface area (Å²) in [5, 5.41) is 2.79. The van der Waals surface area contributed by atoms with Crippen molar-refractivity contribution in [2.75, 3.05) is 24.5 Å². The largest absolute Gasteiger partial charge is 0.369 e. The first kappa shape index (κ1) is 12.4. The maximum atomic E-state index is 13.4. The van der Waals surface area contributed by atoms with Gasteiger partial charge < -0.3 is 10.2 Å². The number of nitrogens with one attached hydrogen (secondary N) is 1. The third kappa shape index (κ3) is 1.97. The fourth-order valence-corrected chi connectivity index (χ4v) is 2.73. The van der Waals surface area contributed by atoms with Gasteiger partial charge in [0.05, 0.1) is 5.56 Å². The lowest BCUT2D eigenvalue weighted by molar-refractivity contribution is 0.0873. The summed E-state index contributed by atoms with van der Waals surface area (Å²) >= 11 is 0. The molecule has 2 aliphatic rings. The molecule has 1 aromatic carbocycles. The Bertz CT molecular complexity index is 518. The highest BCUT2D eigenvalue weighted by Gasteiger charge is 2.65. The lowest BCUT2D eigenvalue weighted by atomic mass is 10.1. The Labute approximate surface area is 110 Å². The van der Waals surface area contributed by atoms with Crippen molar-refractivity contribution in [3.63, 3.8) is 0 Å². The van der Waals surface area contributed by atoms with Crippen LogP contribution in [-0.4, -0.2) is 31.5 Å². The number of carbonyl (C=O) groups excluding carboxylic acids is 1. The number of rotatable bonds is 2. The molecule has 3 rings (SSSR count). The van der Waals surface area contributed by atoms with E-state index in [1.54, 1.807) is 19.1 Å². The number of anilines is 1. The lowest BCUT2D eigenvalue weighted by Gasteiger charge is -2.23. The van der Waals surface area contributed by atoms with Crippen LogP contribution in [-0.2, 0) is 0 Å². The molecule has 0 bridgehead atoms. The second-order valence-electron chi connectivity index (χ2n) is 5.29. The topological polar surface area (TPSA) is 32.3 Å². The number of carbonyl (C=O) groups is 1. The Morgan fingerprint density at radius 2 is 2.11 bits per heavy atom. The van der Waals surface area contributed by atoms with Crippen molar-refractivity contribution in [2.45, 2.75) is 12.8 Å². The van der Waals surface area contributed by atoms with Gasteiger partial charge in [-0.25, -0.2) is 8.78 Å². The fourth-order valence-electron chi connectivity index (χ4n) is 2.73. The van der Waals surface area contributed by atoms with Crippen molar-refractivity contribution in [2.24, 2.45) is 11.8 Å². The van der Waals surface area contributed by atoms with Crippen LogP contribution < -0.4 is 10.2 Å². The number of halogens is 2. The summed E-state index contributed by atoms with van der Waals surface area (Å²) in [6.07, 6.45) is 0. The van der Waals surface area contributed by atoms with Gasteiger partial charge in [0.1, 0.15) is 0 Å². The monoisotopic (exact) mass is 266 g/mol. The van der Waals surface area contributed by atoms with Crippen LogP contribution in [0.4, 0.5) is 14.5 Å². The number of hydrogen-bond donors (Lipinski definition) is 1. The second-order valence-corrected chi connectivity index (χ2v) is 5.29. The summed E-state index contributed by atoms with van der Waals surface area (Å²) < 4.78 is 26.8. The van der Waals surface area contributed by atoms with Crippen LogP contribution in [0, 0.1) is 11.8 Å². The lowest BCUT2D eigenvalue weighted by Crippen LogP contribution is -2.32. The Morgan fingerprint density at radius 1 is 1.42 bits per heavy atom. The van der Waals surface area contributed by atoms with Crippen molar-refractivity contribution in [1.82, 2.24) is 5.32 Å². The van der Waals surface area contributed by atoms with Crippen LogP contribution in [0.25, 0.3) is 0 Å².